The fourth-order valence-electron chi connectivity index (χ4n) is 2.53. The first-order valence-corrected chi connectivity index (χ1v) is 6.88. The summed E-state index contributed by atoms with van der Waals surface area (Å²) in [5, 5.41) is 8.04. The number of nitrogens with one attached hydrogen (secondary N) is 1. The lowest BCUT2D eigenvalue weighted by Crippen LogP contribution is -2.08. The third-order valence-electron chi connectivity index (χ3n) is 3.61. The van der Waals surface area contributed by atoms with Crippen molar-refractivity contribution in [3.8, 4) is 0 Å². The third-order valence-corrected chi connectivity index (χ3v) is 3.61. The van der Waals surface area contributed by atoms with Gasteiger partial charge in [0, 0.05) is 18.8 Å². The maximum atomic E-state index is 11.1. The lowest BCUT2D eigenvalue weighted by atomic mass is 10.0. The average molecular weight is 263 g/mol. The van der Waals surface area contributed by atoms with Gasteiger partial charge < -0.3 is 10.1 Å². The van der Waals surface area contributed by atoms with Crippen LogP contribution in [0.3, 0.4) is 0 Å². The van der Waals surface area contributed by atoms with Gasteiger partial charge in [-0.3, -0.25) is 0 Å². The minimum atomic E-state index is 0.238. The van der Waals surface area contributed by atoms with E-state index < -0.39 is 0 Å². The second kappa shape index (κ2) is 5.33. The molecule has 1 N–H and O–H groups in total. The number of hydrogen-bond donors (Lipinski definition) is 1. The molecule has 0 spiro atoms. The van der Waals surface area contributed by atoms with Gasteiger partial charge in [-0.05, 0) is 39.8 Å². The predicted molar refractivity (Wildman–Crippen MR) is 80.9 cm³/mol. The van der Waals surface area contributed by atoms with Crippen LogP contribution in [-0.2, 0) is 11.2 Å². The van der Waals surface area contributed by atoms with Crippen molar-refractivity contribution in [3.05, 3.63) is 68.9 Å². The summed E-state index contributed by atoms with van der Waals surface area (Å²) < 4.78 is 0. The monoisotopic (exact) mass is 263 g/mol. The fourth-order valence-corrected chi connectivity index (χ4v) is 2.53. The van der Waals surface area contributed by atoms with E-state index in [9.17, 15) is 4.79 Å². The zero-order chi connectivity index (χ0) is 13.9. The molecular formula is C18H17NO. The Labute approximate surface area is 117 Å². The molecular weight excluding hydrogens is 246 g/mol. The second-order valence-electron chi connectivity index (χ2n) is 5.17. The number of benzene rings is 2. The molecule has 0 unspecified atom stereocenters. The number of carbonyl (C=O) groups is 1. The number of ketones is 1. The predicted octanol–water partition coefficient (Wildman–Crippen LogP) is 1.57. The van der Waals surface area contributed by atoms with Crippen molar-refractivity contribution in [1.82, 2.24) is 5.32 Å². The molecule has 100 valence electrons. The highest BCUT2D eigenvalue weighted by molar-refractivity contribution is 5.75. The molecule has 0 saturated carbocycles. The normalized spacial score (nSPS) is 12.1. The van der Waals surface area contributed by atoms with Gasteiger partial charge in [-0.15, -0.1) is 0 Å². The van der Waals surface area contributed by atoms with Crippen LogP contribution in [0.4, 0.5) is 0 Å². The van der Waals surface area contributed by atoms with Crippen LogP contribution in [0.15, 0.2) is 42.5 Å². The van der Waals surface area contributed by atoms with E-state index in [-0.39, 0.29) is 5.78 Å². The fraction of sp³-hybridized carbons (Fsp3) is 0.167. The van der Waals surface area contributed by atoms with Gasteiger partial charge in [-0.25, -0.2) is 0 Å². The van der Waals surface area contributed by atoms with Gasteiger partial charge in [-0.2, -0.15) is 0 Å². The Morgan fingerprint density at radius 3 is 2.55 bits per heavy atom. The molecule has 0 amide bonds. The van der Waals surface area contributed by atoms with E-state index in [0.717, 1.165) is 6.42 Å². The first kappa shape index (κ1) is 12.7. The van der Waals surface area contributed by atoms with Crippen molar-refractivity contribution >= 4 is 18.2 Å². The van der Waals surface area contributed by atoms with Gasteiger partial charge in [-0.1, -0.05) is 42.5 Å². The van der Waals surface area contributed by atoms with E-state index in [1.807, 2.05) is 18.5 Å². The van der Waals surface area contributed by atoms with Gasteiger partial charge in [0.05, 0.1) is 0 Å². The highest BCUT2D eigenvalue weighted by Crippen LogP contribution is 2.03. The zero-order valence-electron chi connectivity index (χ0n) is 11.5. The van der Waals surface area contributed by atoms with Gasteiger partial charge in [0.15, 0.2) is 0 Å². The Bertz CT molecular complexity index is 865. The molecule has 0 aromatic heterocycles. The van der Waals surface area contributed by atoms with Crippen LogP contribution in [0.25, 0.3) is 12.4 Å². The summed E-state index contributed by atoms with van der Waals surface area (Å²) in [5.41, 5.74) is 1.21. The van der Waals surface area contributed by atoms with Crippen LogP contribution in [0.5, 0.6) is 0 Å². The molecule has 2 aromatic carbocycles. The Balaban J connectivity index is 2.26. The lowest BCUT2D eigenvalue weighted by molar-refractivity contribution is -0.116. The van der Waals surface area contributed by atoms with E-state index in [2.05, 4.69) is 41.7 Å². The lowest BCUT2D eigenvalue weighted by Gasteiger charge is -2.00. The molecule has 20 heavy (non-hydrogen) atoms. The summed E-state index contributed by atoms with van der Waals surface area (Å²) in [6.45, 7) is 1.64. The highest BCUT2D eigenvalue weighted by Gasteiger charge is 1.99. The van der Waals surface area contributed by atoms with E-state index in [1.165, 1.54) is 26.4 Å². The molecule has 3 rings (SSSR count). The largest absolute Gasteiger partial charge is 0.366 e. The maximum Gasteiger partial charge on any atom is 0.130 e. The molecule has 0 bridgehead atoms. The molecule has 1 aliphatic heterocycles. The van der Waals surface area contributed by atoms with Gasteiger partial charge in [0.25, 0.3) is 0 Å². The Morgan fingerprint density at radius 2 is 1.75 bits per heavy atom. The average Bonchev–Trinajstić information content (AvgIpc) is 2.64. The van der Waals surface area contributed by atoms with Crippen molar-refractivity contribution in [2.45, 2.75) is 19.8 Å². The van der Waals surface area contributed by atoms with E-state index >= 15 is 0 Å². The molecule has 2 heteroatoms. The summed E-state index contributed by atoms with van der Waals surface area (Å²) in [7, 11) is 0. The van der Waals surface area contributed by atoms with Crippen LogP contribution >= 0.6 is 0 Å². The number of fused-ring (bicyclic) bond motifs is 2. The van der Waals surface area contributed by atoms with Crippen LogP contribution < -0.4 is 15.8 Å². The van der Waals surface area contributed by atoms with E-state index in [4.69, 9.17) is 0 Å². The molecule has 0 aliphatic carbocycles. The summed E-state index contributed by atoms with van der Waals surface area (Å²) in [6, 6.07) is 14.8. The van der Waals surface area contributed by atoms with E-state index in [1.54, 1.807) is 6.92 Å². The second-order valence-corrected chi connectivity index (χ2v) is 5.17. The SMILES string of the molecule is CC(=O)CCc1ccc2c(c1)=c1ccccc1=CNC=2. The van der Waals surface area contributed by atoms with Gasteiger partial charge in [0.2, 0.25) is 0 Å². The molecule has 0 radical (unpaired) electrons. The molecule has 0 saturated heterocycles. The molecule has 2 aromatic rings. The van der Waals surface area contributed by atoms with E-state index in [0.29, 0.717) is 6.42 Å². The zero-order valence-corrected chi connectivity index (χ0v) is 11.5. The quantitative estimate of drug-likeness (QED) is 0.911. The molecule has 0 fully saturated rings. The van der Waals surface area contributed by atoms with Crippen molar-refractivity contribution in [3.63, 3.8) is 0 Å². The standard InChI is InChI=1S/C18H17NO/c1-13(20)6-7-14-8-9-16-12-19-11-15-4-2-3-5-17(15)18(16)10-14/h2-5,8-12,19H,6-7H2,1H3. The van der Waals surface area contributed by atoms with Crippen molar-refractivity contribution in [2.75, 3.05) is 0 Å². The number of Topliss-reactive ketones (excluding diaryl/α,β-unsaturated/α-hetero) is 1. The van der Waals surface area contributed by atoms with Crippen molar-refractivity contribution in [2.24, 2.45) is 0 Å². The minimum absolute atomic E-state index is 0.238. The summed E-state index contributed by atoms with van der Waals surface area (Å²) in [4.78, 5) is 11.1. The first-order valence-electron chi connectivity index (χ1n) is 6.88. The topological polar surface area (TPSA) is 29.1 Å². The number of aryl methyl sites for hydroxylation is 1. The summed E-state index contributed by atoms with van der Waals surface area (Å²) in [5.74, 6) is 0.238. The molecule has 0 atom stereocenters. The first-order chi connectivity index (χ1) is 9.74. The molecule has 1 heterocycles. The van der Waals surface area contributed by atoms with Gasteiger partial charge in [0.1, 0.15) is 5.78 Å². The smallest absolute Gasteiger partial charge is 0.130 e. The van der Waals surface area contributed by atoms with Crippen molar-refractivity contribution < 1.29 is 4.79 Å². The van der Waals surface area contributed by atoms with Crippen LogP contribution in [0.2, 0.25) is 0 Å². The molecule has 2 nitrogen and oxygen atoms in total. The van der Waals surface area contributed by atoms with Crippen LogP contribution in [0, 0.1) is 10.4 Å². The Hall–Kier alpha value is -2.35. The minimum Gasteiger partial charge on any atom is -0.366 e. The Kier molecular flexibility index (Phi) is 3.38. The van der Waals surface area contributed by atoms with Crippen molar-refractivity contribution in [1.29, 1.82) is 0 Å². The third kappa shape index (κ3) is 2.50. The maximum absolute atomic E-state index is 11.1. The number of rotatable bonds is 3. The summed E-state index contributed by atoms with van der Waals surface area (Å²) >= 11 is 0. The number of hydrogen-bond acceptors (Lipinski definition) is 2. The Morgan fingerprint density at radius 1 is 1.00 bits per heavy atom. The number of carbonyl (C=O) groups excluding carboxylic acids is 1. The molecule has 1 aliphatic rings. The highest BCUT2D eigenvalue weighted by atomic mass is 16.1. The van der Waals surface area contributed by atoms with Gasteiger partial charge >= 0.3 is 0 Å². The van der Waals surface area contributed by atoms with Crippen LogP contribution in [-0.4, -0.2) is 5.78 Å². The summed E-state index contributed by atoms with van der Waals surface area (Å²) in [6.07, 6.45) is 5.45. The van der Waals surface area contributed by atoms with Crippen LogP contribution in [0.1, 0.15) is 18.9 Å².